The molecule has 0 bridgehead atoms. The number of aryl methyl sites for hydroxylation is 1. The molecular formula is C20H33IN6S. The Labute approximate surface area is 189 Å². The van der Waals surface area contributed by atoms with Gasteiger partial charge in [-0.15, -0.1) is 45.5 Å². The van der Waals surface area contributed by atoms with Crippen LogP contribution in [0.5, 0.6) is 0 Å². The van der Waals surface area contributed by atoms with E-state index in [0.29, 0.717) is 18.6 Å². The summed E-state index contributed by atoms with van der Waals surface area (Å²) in [5, 5.41) is 17.7. The number of guanidine groups is 1. The number of aromatic nitrogens is 3. The first-order valence-electron chi connectivity index (χ1n) is 10.3. The number of rotatable bonds is 8. The summed E-state index contributed by atoms with van der Waals surface area (Å²) in [5.41, 5.74) is 0. The molecule has 2 heterocycles. The van der Waals surface area contributed by atoms with Crippen LogP contribution in [0.15, 0.2) is 28.8 Å². The highest BCUT2D eigenvalue weighted by molar-refractivity contribution is 14.0. The van der Waals surface area contributed by atoms with Crippen molar-refractivity contribution in [2.24, 2.45) is 4.99 Å². The highest BCUT2D eigenvalue weighted by Gasteiger charge is 2.17. The third-order valence-electron chi connectivity index (χ3n) is 5.17. The predicted octanol–water partition coefficient (Wildman–Crippen LogP) is 4.54. The van der Waals surface area contributed by atoms with Gasteiger partial charge in [-0.3, -0.25) is 4.99 Å². The lowest BCUT2D eigenvalue weighted by atomic mass is 9.96. The van der Waals surface area contributed by atoms with Crippen molar-refractivity contribution >= 4 is 41.3 Å². The van der Waals surface area contributed by atoms with Crippen LogP contribution in [0.1, 0.15) is 69.1 Å². The average Bonchev–Trinajstić information content (AvgIpc) is 3.38. The number of nitrogens with one attached hydrogen (secondary N) is 2. The van der Waals surface area contributed by atoms with E-state index in [1.807, 2.05) is 0 Å². The van der Waals surface area contributed by atoms with Gasteiger partial charge in [0.05, 0.1) is 12.6 Å². The van der Waals surface area contributed by atoms with Gasteiger partial charge in [-0.1, -0.05) is 39.2 Å². The Balaban J connectivity index is 0.00000280. The molecule has 6 nitrogen and oxygen atoms in total. The zero-order chi connectivity index (χ0) is 18.9. The van der Waals surface area contributed by atoms with Crippen LogP contribution in [0.4, 0.5) is 0 Å². The van der Waals surface area contributed by atoms with Crippen molar-refractivity contribution in [1.82, 2.24) is 25.4 Å². The van der Waals surface area contributed by atoms with Crippen molar-refractivity contribution in [3.05, 3.63) is 34.5 Å². The van der Waals surface area contributed by atoms with Crippen molar-refractivity contribution < 1.29 is 0 Å². The molecule has 1 fully saturated rings. The summed E-state index contributed by atoms with van der Waals surface area (Å²) in [5.74, 6) is 1.96. The van der Waals surface area contributed by atoms with Crippen molar-refractivity contribution in [2.45, 2.75) is 77.4 Å². The summed E-state index contributed by atoms with van der Waals surface area (Å²) < 4.78 is 2.10. The van der Waals surface area contributed by atoms with Crippen LogP contribution in [0.3, 0.4) is 0 Å². The second-order valence-corrected chi connectivity index (χ2v) is 8.10. The van der Waals surface area contributed by atoms with Gasteiger partial charge in [0.2, 0.25) is 0 Å². The van der Waals surface area contributed by atoms with E-state index in [9.17, 15) is 0 Å². The standard InChI is InChI=1S/C20H32N6S.HI/c1-3-17(18-11-8-14-27-18)24-20(23-16-9-6-5-7-10-16)21-12-13-26-15-22-25-19(26)4-2;/h8,11,14-17H,3-7,9-10,12-13H2,1-2H3,(H2,21,23,24);1H. The van der Waals surface area contributed by atoms with E-state index < -0.39 is 0 Å². The molecule has 1 aliphatic rings. The molecule has 0 aromatic carbocycles. The molecule has 1 aliphatic carbocycles. The molecule has 0 radical (unpaired) electrons. The molecule has 2 N–H and O–H groups in total. The predicted molar refractivity (Wildman–Crippen MR) is 128 cm³/mol. The van der Waals surface area contributed by atoms with E-state index in [1.54, 1.807) is 17.7 Å². The molecule has 8 heteroatoms. The van der Waals surface area contributed by atoms with Crippen molar-refractivity contribution in [2.75, 3.05) is 6.54 Å². The number of aliphatic imine (C=N–C) groups is 1. The summed E-state index contributed by atoms with van der Waals surface area (Å²) in [6, 6.07) is 5.16. The normalized spacial score (nSPS) is 16.4. The van der Waals surface area contributed by atoms with Gasteiger partial charge in [-0.2, -0.15) is 0 Å². The zero-order valence-corrected chi connectivity index (χ0v) is 20.1. The molecule has 3 rings (SSSR count). The quantitative estimate of drug-likeness (QED) is 0.307. The highest BCUT2D eigenvalue weighted by atomic mass is 127. The van der Waals surface area contributed by atoms with E-state index in [1.165, 1.54) is 37.0 Å². The van der Waals surface area contributed by atoms with Crippen LogP contribution >= 0.6 is 35.3 Å². The van der Waals surface area contributed by atoms with E-state index in [2.05, 4.69) is 56.8 Å². The largest absolute Gasteiger partial charge is 0.354 e. The van der Waals surface area contributed by atoms with Gasteiger partial charge in [0.15, 0.2) is 5.96 Å². The van der Waals surface area contributed by atoms with Gasteiger partial charge in [0.1, 0.15) is 12.2 Å². The maximum Gasteiger partial charge on any atom is 0.192 e. The van der Waals surface area contributed by atoms with Crippen molar-refractivity contribution in [3.63, 3.8) is 0 Å². The lowest BCUT2D eigenvalue weighted by molar-refractivity contribution is 0.407. The van der Waals surface area contributed by atoms with Gasteiger partial charge in [0.25, 0.3) is 0 Å². The molecule has 1 unspecified atom stereocenters. The summed E-state index contributed by atoms with van der Waals surface area (Å²) in [7, 11) is 0. The van der Waals surface area contributed by atoms with Crippen LogP contribution in [-0.2, 0) is 13.0 Å². The first kappa shape index (κ1) is 23.1. The van der Waals surface area contributed by atoms with Crippen molar-refractivity contribution in [1.29, 1.82) is 0 Å². The molecule has 1 atom stereocenters. The van der Waals surface area contributed by atoms with Gasteiger partial charge >= 0.3 is 0 Å². The lowest BCUT2D eigenvalue weighted by Gasteiger charge is -2.27. The van der Waals surface area contributed by atoms with Gasteiger partial charge in [-0.25, -0.2) is 0 Å². The first-order chi connectivity index (χ1) is 13.3. The van der Waals surface area contributed by atoms with E-state index in [0.717, 1.165) is 31.2 Å². The lowest BCUT2D eigenvalue weighted by Crippen LogP contribution is -2.45. The van der Waals surface area contributed by atoms with Gasteiger partial charge < -0.3 is 15.2 Å². The van der Waals surface area contributed by atoms with Crippen LogP contribution in [0.2, 0.25) is 0 Å². The number of halogens is 1. The van der Waals surface area contributed by atoms with Crippen LogP contribution in [-0.4, -0.2) is 33.3 Å². The third kappa shape index (κ3) is 6.72. The fraction of sp³-hybridized carbons (Fsp3) is 0.650. The monoisotopic (exact) mass is 516 g/mol. The number of thiophene rings is 1. The number of hydrogen-bond acceptors (Lipinski definition) is 4. The van der Waals surface area contributed by atoms with Gasteiger partial charge in [-0.05, 0) is 30.7 Å². The minimum Gasteiger partial charge on any atom is -0.354 e. The summed E-state index contributed by atoms with van der Waals surface area (Å²) >= 11 is 1.80. The molecule has 1 saturated carbocycles. The molecule has 2 aromatic heterocycles. The fourth-order valence-electron chi connectivity index (χ4n) is 3.61. The molecule has 0 amide bonds. The van der Waals surface area contributed by atoms with Crippen molar-refractivity contribution in [3.8, 4) is 0 Å². The second-order valence-electron chi connectivity index (χ2n) is 7.12. The Morgan fingerprint density at radius 1 is 1.32 bits per heavy atom. The molecule has 28 heavy (non-hydrogen) atoms. The highest BCUT2D eigenvalue weighted by Crippen LogP contribution is 2.22. The third-order valence-corrected chi connectivity index (χ3v) is 6.16. The molecule has 0 saturated heterocycles. The second kappa shape index (κ2) is 12.4. The minimum absolute atomic E-state index is 0. The van der Waals surface area contributed by atoms with E-state index >= 15 is 0 Å². The Kier molecular flexibility index (Phi) is 10.3. The smallest absolute Gasteiger partial charge is 0.192 e. The molecule has 2 aromatic rings. The molecular weight excluding hydrogens is 483 g/mol. The summed E-state index contributed by atoms with van der Waals surface area (Å²) in [6.07, 6.45) is 10.2. The van der Waals surface area contributed by atoms with Gasteiger partial charge in [0, 0.05) is 23.9 Å². The summed E-state index contributed by atoms with van der Waals surface area (Å²) in [6.45, 7) is 5.85. The summed E-state index contributed by atoms with van der Waals surface area (Å²) in [4.78, 5) is 6.25. The van der Waals surface area contributed by atoms with Crippen LogP contribution in [0.25, 0.3) is 0 Å². The van der Waals surface area contributed by atoms with E-state index in [4.69, 9.17) is 4.99 Å². The Bertz CT molecular complexity index is 693. The average molecular weight is 516 g/mol. The Hall–Kier alpha value is -1.16. The SMILES string of the molecule is CCc1nncn1CCN=C(NC1CCCCC1)NC(CC)c1cccs1.I. The minimum atomic E-state index is 0. The Morgan fingerprint density at radius 3 is 2.82 bits per heavy atom. The maximum absolute atomic E-state index is 4.89. The van der Waals surface area contributed by atoms with Crippen LogP contribution in [0, 0.1) is 0 Å². The molecule has 0 spiro atoms. The zero-order valence-electron chi connectivity index (χ0n) is 16.9. The first-order valence-corrected chi connectivity index (χ1v) is 11.2. The van der Waals surface area contributed by atoms with E-state index in [-0.39, 0.29) is 24.0 Å². The molecule has 156 valence electrons. The maximum atomic E-state index is 4.89. The van der Waals surface area contributed by atoms with Crippen LogP contribution < -0.4 is 10.6 Å². The Morgan fingerprint density at radius 2 is 2.14 bits per heavy atom. The number of nitrogens with zero attached hydrogens (tertiary/aromatic N) is 4. The molecule has 0 aliphatic heterocycles. The topological polar surface area (TPSA) is 67.1 Å². The number of hydrogen-bond donors (Lipinski definition) is 2. The fourth-order valence-corrected chi connectivity index (χ4v) is 4.47.